The van der Waals surface area contributed by atoms with Crippen molar-refractivity contribution in [2.24, 2.45) is 0 Å². The van der Waals surface area contributed by atoms with Crippen LogP contribution in [-0.4, -0.2) is 12.5 Å². The standard InChI is InChI=1S/C22H20Cl2N2O2/c1-15-7-9-17(23)12-20(15)26-22(27)14-28-21-10-8-16(11-19(21)24)13-25-18-5-3-2-4-6-18/h2-12,25H,13-14H2,1H3,(H,26,27). The Labute approximate surface area is 174 Å². The van der Waals surface area contributed by atoms with E-state index in [9.17, 15) is 4.79 Å². The van der Waals surface area contributed by atoms with Crippen molar-refractivity contribution < 1.29 is 9.53 Å². The summed E-state index contributed by atoms with van der Waals surface area (Å²) < 4.78 is 5.56. The molecule has 2 N–H and O–H groups in total. The molecule has 28 heavy (non-hydrogen) atoms. The molecule has 0 atom stereocenters. The summed E-state index contributed by atoms with van der Waals surface area (Å²) in [6.07, 6.45) is 0. The van der Waals surface area contributed by atoms with E-state index in [2.05, 4.69) is 10.6 Å². The van der Waals surface area contributed by atoms with Gasteiger partial charge in [-0.05, 0) is 54.4 Å². The van der Waals surface area contributed by atoms with Crippen molar-refractivity contribution in [3.8, 4) is 5.75 Å². The van der Waals surface area contributed by atoms with E-state index in [0.717, 1.165) is 16.8 Å². The van der Waals surface area contributed by atoms with Crippen LogP contribution < -0.4 is 15.4 Å². The molecule has 6 heteroatoms. The van der Waals surface area contributed by atoms with Crippen LogP contribution in [0.1, 0.15) is 11.1 Å². The predicted octanol–water partition coefficient (Wildman–Crippen LogP) is 5.93. The number of benzene rings is 3. The van der Waals surface area contributed by atoms with E-state index in [1.54, 1.807) is 18.2 Å². The van der Waals surface area contributed by atoms with Crippen LogP contribution in [0.5, 0.6) is 5.75 Å². The number of carbonyl (C=O) groups excluding carboxylic acids is 1. The highest BCUT2D eigenvalue weighted by Crippen LogP contribution is 2.26. The molecule has 0 aliphatic heterocycles. The molecule has 0 spiro atoms. The van der Waals surface area contributed by atoms with Gasteiger partial charge >= 0.3 is 0 Å². The summed E-state index contributed by atoms with van der Waals surface area (Å²) in [7, 11) is 0. The molecule has 3 rings (SSSR count). The number of para-hydroxylation sites is 1. The second-order valence-corrected chi connectivity index (χ2v) is 7.12. The lowest BCUT2D eigenvalue weighted by Gasteiger charge is -2.12. The number of amides is 1. The van der Waals surface area contributed by atoms with E-state index in [1.165, 1.54) is 0 Å². The van der Waals surface area contributed by atoms with Crippen LogP contribution in [0.25, 0.3) is 0 Å². The Balaban J connectivity index is 1.54. The molecule has 0 aliphatic carbocycles. The summed E-state index contributed by atoms with van der Waals surface area (Å²) >= 11 is 12.3. The monoisotopic (exact) mass is 414 g/mol. The zero-order valence-electron chi connectivity index (χ0n) is 15.3. The molecule has 0 bridgehead atoms. The van der Waals surface area contributed by atoms with Gasteiger partial charge in [0.05, 0.1) is 5.02 Å². The first-order valence-corrected chi connectivity index (χ1v) is 9.53. The Hall–Kier alpha value is -2.69. The zero-order valence-corrected chi connectivity index (χ0v) is 16.8. The Bertz CT molecular complexity index is 962. The number of anilines is 2. The first-order valence-electron chi connectivity index (χ1n) is 8.77. The highest BCUT2D eigenvalue weighted by molar-refractivity contribution is 6.32. The van der Waals surface area contributed by atoms with Gasteiger partial charge in [0.15, 0.2) is 6.61 Å². The van der Waals surface area contributed by atoms with Gasteiger partial charge in [0.2, 0.25) is 0 Å². The Morgan fingerprint density at radius 2 is 1.79 bits per heavy atom. The lowest BCUT2D eigenvalue weighted by molar-refractivity contribution is -0.118. The van der Waals surface area contributed by atoms with Crippen molar-refractivity contribution in [2.75, 3.05) is 17.2 Å². The van der Waals surface area contributed by atoms with Crippen LogP contribution in [0, 0.1) is 6.92 Å². The molecule has 0 saturated carbocycles. The minimum absolute atomic E-state index is 0.146. The number of hydrogen-bond acceptors (Lipinski definition) is 3. The molecule has 0 aromatic heterocycles. The number of rotatable bonds is 7. The number of ether oxygens (including phenoxy) is 1. The van der Waals surface area contributed by atoms with Gasteiger partial charge in [-0.3, -0.25) is 4.79 Å². The fourth-order valence-corrected chi connectivity index (χ4v) is 3.02. The number of hydrogen-bond donors (Lipinski definition) is 2. The maximum atomic E-state index is 12.2. The van der Waals surface area contributed by atoms with E-state index < -0.39 is 0 Å². The largest absolute Gasteiger partial charge is 0.482 e. The molecule has 0 saturated heterocycles. The van der Waals surface area contributed by atoms with Gasteiger partial charge in [0.25, 0.3) is 5.91 Å². The van der Waals surface area contributed by atoms with Crippen LogP contribution >= 0.6 is 23.2 Å². The average Bonchev–Trinajstić information content (AvgIpc) is 2.69. The Kier molecular flexibility index (Phi) is 6.80. The summed E-state index contributed by atoms with van der Waals surface area (Å²) in [5.74, 6) is 0.180. The Morgan fingerprint density at radius 1 is 1.00 bits per heavy atom. The van der Waals surface area contributed by atoms with E-state index in [4.69, 9.17) is 27.9 Å². The number of carbonyl (C=O) groups is 1. The summed E-state index contributed by atoms with van der Waals surface area (Å²) in [6, 6.07) is 20.7. The maximum absolute atomic E-state index is 12.2. The van der Waals surface area contributed by atoms with E-state index in [-0.39, 0.29) is 12.5 Å². The molecule has 1 amide bonds. The Morgan fingerprint density at radius 3 is 2.54 bits per heavy atom. The molecule has 3 aromatic rings. The molecule has 0 unspecified atom stereocenters. The third-order valence-electron chi connectivity index (χ3n) is 4.10. The van der Waals surface area contributed by atoms with Crippen molar-refractivity contribution in [3.63, 3.8) is 0 Å². The predicted molar refractivity (Wildman–Crippen MR) is 116 cm³/mol. The zero-order chi connectivity index (χ0) is 19.9. The van der Waals surface area contributed by atoms with Crippen molar-refractivity contribution in [2.45, 2.75) is 13.5 Å². The van der Waals surface area contributed by atoms with Gasteiger partial charge in [0, 0.05) is 22.9 Å². The second kappa shape index (κ2) is 9.49. The lowest BCUT2D eigenvalue weighted by Crippen LogP contribution is -2.20. The first-order chi connectivity index (χ1) is 13.5. The minimum atomic E-state index is -0.281. The summed E-state index contributed by atoms with van der Waals surface area (Å²) in [5.41, 5.74) is 3.63. The van der Waals surface area contributed by atoms with Crippen molar-refractivity contribution in [1.29, 1.82) is 0 Å². The summed E-state index contributed by atoms with van der Waals surface area (Å²) in [4.78, 5) is 12.2. The van der Waals surface area contributed by atoms with Crippen LogP contribution in [-0.2, 0) is 11.3 Å². The maximum Gasteiger partial charge on any atom is 0.262 e. The number of nitrogens with one attached hydrogen (secondary N) is 2. The van der Waals surface area contributed by atoms with Crippen LogP contribution in [0.4, 0.5) is 11.4 Å². The van der Waals surface area contributed by atoms with Gasteiger partial charge < -0.3 is 15.4 Å². The molecule has 0 heterocycles. The van der Waals surface area contributed by atoms with Crippen LogP contribution in [0.3, 0.4) is 0 Å². The molecule has 0 radical (unpaired) electrons. The topological polar surface area (TPSA) is 50.4 Å². The smallest absolute Gasteiger partial charge is 0.262 e. The van der Waals surface area contributed by atoms with E-state index in [0.29, 0.717) is 28.0 Å². The van der Waals surface area contributed by atoms with Gasteiger partial charge in [-0.15, -0.1) is 0 Å². The molecule has 4 nitrogen and oxygen atoms in total. The third kappa shape index (κ3) is 5.65. The summed E-state index contributed by atoms with van der Waals surface area (Å²) in [6.45, 7) is 2.39. The molecule has 144 valence electrons. The van der Waals surface area contributed by atoms with Gasteiger partial charge in [-0.1, -0.05) is 53.5 Å². The van der Waals surface area contributed by atoms with Crippen LogP contribution in [0.2, 0.25) is 10.0 Å². The summed E-state index contributed by atoms with van der Waals surface area (Å²) in [5, 5.41) is 7.13. The number of halogens is 2. The van der Waals surface area contributed by atoms with E-state index >= 15 is 0 Å². The van der Waals surface area contributed by atoms with Gasteiger partial charge in [-0.25, -0.2) is 0 Å². The molecule has 0 fully saturated rings. The first kappa shape index (κ1) is 20.1. The SMILES string of the molecule is Cc1ccc(Cl)cc1NC(=O)COc1ccc(CNc2ccccc2)cc1Cl. The van der Waals surface area contributed by atoms with Gasteiger partial charge in [-0.2, -0.15) is 0 Å². The molecule has 0 aliphatic rings. The molecular weight excluding hydrogens is 395 g/mol. The quantitative estimate of drug-likeness (QED) is 0.503. The molecule has 3 aromatic carbocycles. The van der Waals surface area contributed by atoms with Crippen molar-refractivity contribution in [3.05, 3.63) is 87.9 Å². The van der Waals surface area contributed by atoms with Crippen molar-refractivity contribution in [1.82, 2.24) is 0 Å². The fourth-order valence-electron chi connectivity index (χ4n) is 2.59. The minimum Gasteiger partial charge on any atom is -0.482 e. The third-order valence-corrected chi connectivity index (χ3v) is 4.63. The van der Waals surface area contributed by atoms with Crippen molar-refractivity contribution >= 4 is 40.5 Å². The lowest BCUT2D eigenvalue weighted by atomic mass is 10.2. The highest BCUT2D eigenvalue weighted by Gasteiger charge is 2.09. The highest BCUT2D eigenvalue weighted by atomic mass is 35.5. The second-order valence-electron chi connectivity index (χ2n) is 6.28. The average molecular weight is 415 g/mol. The van der Waals surface area contributed by atoms with Crippen LogP contribution in [0.15, 0.2) is 66.7 Å². The van der Waals surface area contributed by atoms with E-state index in [1.807, 2.05) is 55.5 Å². The fraction of sp³-hybridized carbons (Fsp3) is 0.136. The normalized spacial score (nSPS) is 10.4. The molecular formula is C22H20Cl2N2O2. The number of aryl methyl sites for hydroxylation is 1. The van der Waals surface area contributed by atoms with Gasteiger partial charge in [0.1, 0.15) is 5.75 Å².